The summed E-state index contributed by atoms with van der Waals surface area (Å²) in [6.07, 6.45) is 3.99. The summed E-state index contributed by atoms with van der Waals surface area (Å²) in [4.78, 5) is 15.0. The highest BCUT2D eigenvalue weighted by molar-refractivity contribution is 9.10. The van der Waals surface area contributed by atoms with E-state index in [0.29, 0.717) is 35.5 Å². The van der Waals surface area contributed by atoms with Crippen molar-refractivity contribution >= 4 is 67.1 Å². The van der Waals surface area contributed by atoms with Crippen LogP contribution in [0.25, 0.3) is 17.0 Å². The fourth-order valence-corrected chi connectivity index (χ4v) is 5.05. The molecule has 5 nitrogen and oxygen atoms in total. The molecule has 1 aliphatic rings. The summed E-state index contributed by atoms with van der Waals surface area (Å²) in [5.74, 6) is 0.775. The van der Waals surface area contributed by atoms with Crippen LogP contribution in [0.15, 0.2) is 64.1 Å². The molecule has 4 rings (SSSR count). The second-order valence-corrected chi connectivity index (χ2v) is 9.52. The van der Waals surface area contributed by atoms with Crippen molar-refractivity contribution in [3.8, 4) is 5.75 Å². The molecule has 31 heavy (non-hydrogen) atoms. The summed E-state index contributed by atoms with van der Waals surface area (Å²) in [5, 5.41) is 1.07. The highest BCUT2D eigenvalue weighted by Crippen LogP contribution is 2.35. The number of thioether (sulfide) groups is 1. The second kappa shape index (κ2) is 9.99. The normalized spacial score (nSPS) is 15.4. The van der Waals surface area contributed by atoms with E-state index in [2.05, 4.69) is 38.8 Å². The first-order chi connectivity index (χ1) is 15.1. The molecule has 2 heterocycles. The van der Waals surface area contributed by atoms with Crippen molar-refractivity contribution in [2.24, 2.45) is 0 Å². The minimum Gasteiger partial charge on any atom is -0.492 e. The molecule has 0 spiro atoms. The van der Waals surface area contributed by atoms with E-state index in [0.717, 1.165) is 26.7 Å². The van der Waals surface area contributed by atoms with Crippen molar-refractivity contribution in [1.82, 2.24) is 9.47 Å². The van der Waals surface area contributed by atoms with Crippen LogP contribution in [0.4, 0.5) is 0 Å². The summed E-state index contributed by atoms with van der Waals surface area (Å²) in [5.41, 5.74) is 2.06. The van der Waals surface area contributed by atoms with E-state index < -0.39 is 0 Å². The Morgan fingerprint density at radius 2 is 1.94 bits per heavy atom. The molecule has 0 N–H and O–H groups in total. The predicted octanol–water partition coefficient (Wildman–Crippen LogP) is 5.33. The molecule has 0 saturated carbocycles. The highest BCUT2D eigenvalue weighted by atomic mass is 79.9. The third-order valence-electron chi connectivity index (χ3n) is 4.90. The third kappa shape index (κ3) is 5.03. The lowest BCUT2D eigenvalue weighted by Crippen LogP contribution is -2.31. The van der Waals surface area contributed by atoms with Crippen molar-refractivity contribution in [2.45, 2.75) is 6.54 Å². The van der Waals surface area contributed by atoms with Crippen LogP contribution >= 0.6 is 39.9 Å². The molecule has 0 bridgehead atoms. The van der Waals surface area contributed by atoms with Crippen LogP contribution in [-0.4, -0.2) is 46.6 Å². The molecular formula is C23H21BrN2O3S2. The molecule has 8 heteroatoms. The summed E-state index contributed by atoms with van der Waals surface area (Å²) in [6, 6.07) is 15.9. The molecule has 1 amide bonds. The van der Waals surface area contributed by atoms with Crippen molar-refractivity contribution in [3.63, 3.8) is 0 Å². The van der Waals surface area contributed by atoms with E-state index in [9.17, 15) is 4.79 Å². The second-order valence-electron chi connectivity index (χ2n) is 6.93. The van der Waals surface area contributed by atoms with E-state index in [4.69, 9.17) is 21.7 Å². The van der Waals surface area contributed by atoms with Gasteiger partial charge in [-0.2, -0.15) is 0 Å². The van der Waals surface area contributed by atoms with Gasteiger partial charge < -0.3 is 14.0 Å². The van der Waals surface area contributed by atoms with Crippen LogP contribution in [0.2, 0.25) is 0 Å². The van der Waals surface area contributed by atoms with Crippen molar-refractivity contribution in [3.05, 3.63) is 69.7 Å². The number of nitrogens with zero attached hydrogens (tertiary/aromatic N) is 2. The number of hydrogen-bond donors (Lipinski definition) is 0. The Morgan fingerprint density at radius 3 is 2.71 bits per heavy atom. The van der Waals surface area contributed by atoms with Crippen LogP contribution in [0, 0.1) is 0 Å². The average Bonchev–Trinajstić information content (AvgIpc) is 3.23. The maximum Gasteiger partial charge on any atom is 0.266 e. The fraction of sp³-hybridized carbons (Fsp3) is 0.217. The number of benzene rings is 2. The van der Waals surface area contributed by atoms with Gasteiger partial charge in [0.25, 0.3) is 5.91 Å². The number of carbonyl (C=O) groups excluding carboxylic acids is 1. The molecule has 0 unspecified atom stereocenters. The number of para-hydroxylation sites is 1. The Hall–Kier alpha value is -2.13. The van der Waals surface area contributed by atoms with Crippen LogP contribution < -0.4 is 4.74 Å². The number of halogens is 1. The Morgan fingerprint density at radius 1 is 1.13 bits per heavy atom. The third-order valence-corrected chi connectivity index (χ3v) is 6.77. The maximum absolute atomic E-state index is 12.8. The van der Waals surface area contributed by atoms with Crippen LogP contribution in [0.3, 0.4) is 0 Å². The van der Waals surface area contributed by atoms with Crippen LogP contribution in [0.5, 0.6) is 5.75 Å². The molecule has 2 aromatic carbocycles. The molecule has 0 radical (unpaired) electrons. The number of hydrogen-bond acceptors (Lipinski definition) is 5. The Kier molecular flexibility index (Phi) is 7.12. The van der Waals surface area contributed by atoms with Gasteiger partial charge in [0.05, 0.1) is 24.6 Å². The average molecular weight is 517 g/mol. The minimum absolute atomic E-state index is 0.0737. The topological polar surface area (TPSA) is 43.7 Å². The Bertz CT molecular complexity index is 1140. The van der Waals surface area contributed by atoms with Gasteiger partial charge in [0.2, 0.25) is 0 Å². The van der Waals surface area contributed by atoms with E-state index in [1.807, 2.05) is 42.5 Å². The van der Waals surface area contributed by atoms with Crippen LogP contribution in [-0.2, 0) is 16.1 Å². The first-order valence-corrected chi connectivity index (χ1v) is 11.8. The zero-order valence-electron chi connectivity index (χ0n) is 16.9. The van der Waals surface area contributed by atoms with Gasteiger partial charge in [-0.3, -0.25) is 9.69 Å². The number of fused-ring (bicyclic) bond motifs is 1. The van der Waals surface area contributed by atoms with E-state index in [1.54, 1.807) is 12.0 Å². The number of thiocarbonyl (C=S) groups is 1. The van der Waals surface area contributed by atoms with Crippen LogP contribution in [0.1, 0.15) is 5.56 Å². The molecular weight excluding hydrogens is 496 g/mol. The smallest absolute Gasteiger partial charge is 0.266 e. The first kappa shape index (κ1) is 22.1. The largest absolute Gasteiger partial charge is 0.492 e. The molecule has 160 valence electrons. The predicted molar refractivity (Wildman–Crippen MR) is 133 cm³/mol. The fourth-order valence-electron chi connectivity index (χ4n) is 3.39. The van der Waals surface area contributed by atoms with Gasteiger partial charge in [-0.05, 0) is 36.4 Å². The maximum atomic E-state index is 12.8. The zero-order chi connectivity index (χ0) is 21.8. The van der Waals surface area contributed by atoms with Gasteiger partial charge >= 0.3 is 0 Å². The van der Waals surface area contributed by atoms with Gasteiger partial charge in [0, 0.05) is 34.2 Å². The highest BCUT2D eigenvalue weighted by Gasteiger charge is 2.31. The number of aromatic nitrogens is 1. The van der Waals surface area contributed by atoms with Crippen molar-refractivity contribution in [1.29, 1.82) is 0 Å². The summed E-state index contributed by atoms with van der Waals surface area (Å²) >= 11 is 10.3. The molecule has 3 aromatic rings. The van der Waals surface area contributed by atoms with Crippen molar-refractivity contribution < 1.29 is 14.3 Å². The summed E-state index contributed by atoms with van der Waals surface area (Å²) < 4.78 is 14.7. The lowest BCUT2D eigenvalue weighted by atomic mass is 10.1. The standard InChI is InChI=1S/C23H21BrN2O3S2/c1-28-11-10-26-22(27)21(31-23(26)30)13-16-15-25(20-8-7-17(24)14-19(16)20)9-12-29-18-5-3-2-4-6-18/h2-8,13-15H,9-12H2,1H3/b21-13-. The monoisotopic (exact) mass is 516 g/mol. The molecule has 1 saturated heterocycles. The van der Waals surface area contributed by atoms with E-state index in [1.165, 1.54) is 11.8 Å². The number of carbonyl (C=O) groups is 1. The van der Waals surface area contributed by atoms with E-state index in [-0.39, 0.29) is 5.91 Å². The van der Waals surface area contributed by atoms with E-state index >= 15 is 0 Å². The van der Waals surface area contributed by atoms with Gasteiger partial charge in [-0.15, -0.1) is 0 Å². The lowest BCUT2D eigenvalue weighted by Gasteiger charge is -2.12. The Labute approximate surface area is 199 Å². The van der Waals surface area contributed by atoms with Gasteiger partial charge in [0.15, 0.2) is 0 Å². The SMILES string of the molecule is COCCN1C(=O)/C(=C/c2cn(CCOc3ccccc3)c3ccc(Br)cc23)SC1=S. The molecule has 0 atom stereocenters. The van der Waals surface area contributed by atoms with Gasteiger partial charge in [0.1, 0.15) is 16.7 Å². The minimum atomic E-state index is -0.0737. The summed E-state index contributed by atoms with van der Waals surface area (Å²) in [6.45, 7) is 2.15. The number of ether oxygens (including phenoxy) is 2. The lowest BCUT2D eigenvalue weighted by molar-refractivity contribution is -0.122. The molecule has 0 aliphatic carbocycles. The number of methoxy groups -OCH3 is 1. The Balaban J connectivity index is 1.59. The molecule has 1 aliphatic heterocycles. The zero-order valence-corrected chi connectivity index (χ0v) is 20.1. The number of rotatable bonds is 8. The van der Waals surface area contributed by atoms with Gasteiger partial charge in [-0.25, -0.2) is 0 Å². The van der Waals surface area contributed by atoms with Crippen molar-refractivity contribution in [2.75, 3.05) is 26.9 Å². The quantitative estimate of drug-likeness (QED) is 0.299. The molecule has 1 fully saturated rings. The van der Waals surface area contributed by atoms with Gasteiger partial charge in [-0.1, -0.05) is 58.1 Å². The summed E-state index contributed by atoms with van der Waals surface area (Å²) in [7, 11) is 1.61. The molecule has 1 aromatic heterocycles. The first-order valence-electron chi connectivity index (χ1n) is 9.77. The number of amides is 1.